The lowest BCUT2D eigenvalue weighted by molar-refractivity contribution is -0.107. The first-order valence-electron chi connectivity index (χ1n) is 2.81. The molecule has 1 heterocycles. The molecule has 10 heavy (non-hydrogen) atoms. The lowest BCUT2D eigenvalue weighted by atomic mass is 10.4. The van der Waals surface area contributed by atoms with Gasteiger partial charge in [-0.2, -0.15) is 0 Å². The van der Waals surface area contributed by atoms with Crippen LogP contribution in [0.25, 0.3) is 12.2 Å². The molecule has 0 spiro atoms. The summed E-state index contributed by atoms with van der Waals surface area (Å²) in [5.74, 6) is -0.0856. The van der Waals surface area contributed by atoms with E-state index in [2.05, 4.69) is 9.97 Å². The molecule has 0 unspecified atom stereocenters. The van der Waals surface area contributed by atoms with Crippen LogP contribution in [0.1, 0.15) is 0 Å². The summed E-state index contributed by atoms with van der Waals surface area (Å²) in [4.78, 5) is 26.1. The zero-order valence-corrected chi connectivity index (χ0v) is 4.97. The number of imidazole rings is 1. The van der Waals surface area contributed by atoms with E-state index < -0.39 is 0 Å². The number of aromatic amines is 2. The first-order chi connectivity index (χ1) is 4.75. The van der Waals surface area contributed by atoms with Crippen molar-refractivity contribution >= 4 is 17.9 Å². The van der Waals surface area contributed by atoms with Gasteiger partial charge in [0.15, 0.2) is 5.78 Å². The summed E-state index contributed by atoms with van der Waals surface area (Å²) in [6.07, 6.45) is 2.76. The number of aromatic nitrogens is 2. The van der Waals surface area contributed by atoms with Crippen molar-refractivity contribution in [3.05, 3.63) is 21.2 Å². The van der Waals surface area contributed by atoms with Crippen LogP contribution in [0.3, 0.4) is 0 Å². The lowest BCUT2D eigenvalue weighted by Gasteiger charge is -1.68. The van der Waals surface area contributed by atoms with Crippen LogP contribution in [-0.2, 0) is 4.79 Å². The number of hydrogen-bond acceptors (Lipinski definition) is 2. The Morgan fingerprint density at radius 1 is 1.00 bits per heavy atom. The highest BCUT2D eigenvalue weighted by Crippen LogP contribution is 1.77. The van der Waals surface area contributed by atoms with Gasteiger partial charge in [0.25, 0.3) is 0 Å². The predicted molar refractivity (Wildman–Crippen MR) is 34.6 cm³/mol. The van der Waals surface area contributed by atoms with Crippen LogP contribution in [-0.4, -0.2) is 15.8 Å². The first kappa shape index (κ1) is 5.22. The third-order valence-corrected chi connectivity index (χ3v) is 1.36. The smallest absolute Gasteiger partial charge is 0.306 e. The molecule has 50 valence electrons. The van der Waals surface area contributed by atoms with Gasteiger partial charge in [-0.15, -0.1) is 0 Å². The van der Waals surface area contributed by atoms with Crippen molar-refractivity contribution in [2.75, 3.05) is 0 Å². The molecule has 2 rings (SSSR count). The van der Waals surface area contributed by atoms with E-state index in [-0.39, 0.29) is 11.5 Å². The average molecular weight is 136 g/mol. The molecule has 0 aromatic carbocycles. The summed E-state index contributed by atoms with van der Waals surface area (Å²) in [5.41, 5.74) is -0.273. The van der Waals surface area contributed by atoms with E-state index in [1.165, 1.54) is 12.2 Å². The van der Waals surface area contributed by atoms with Crippen molar-refractivity contribution < 1.29 is 4.79 Å². The standard InChI is InChI=1S/C6H4N2O2/c9-3-1-4-5(2-3)8-6(10)7-4/h1-2H,(H2,7,8,10). The number of carbonyl (C=O) groups excluding carboxylic acids is 1. The second-order valence-electron chi connectivity index (χ2n) is 2.10. The van der Waals surface area contributed by atoms with Crippen LogP contribution in [0.2, 0.25) is 0 Å². The Bertz CT molecular complexity index is 410. The van der Waals surface area contributed by atoms with Crippen molar-refractivity contribution in [3.63, 3.8) is 0 Å². The molecular formula is C6H4N2O2. The molecule has 0 amide bonds. The third kappa shape index (κ3) is 0.556. The normalized spacial score (nSPS) is 14.2. The van der Waals surface area contributed by atoms with Crippen molar-refractivity contribution in [2.24, 2.45) is 0 Å². The minimum absolute atomic E-state index is 0.0856. The maximum absolute atomic E-state index is 10.6. The zero-order chi connectivity index (χ0) is 7.14. The lowest BCUT2D eigenvalue weighted by Crippen LogP contribution is -2.19. The molecule has 1 aliphatic carbocycles. The molecule has 0 saturated carbocycles. The second-order valence-corrected chi connectivity index (χ2v) is 2.10. The number of nitrogens with one attached hydrogen (secondary N) is 2. The Hall–Kier alpha value is -1.58. The van der Waals surface area contributed by atoms with Gasteiger partial charge in [0, 0.05) is 12.2 Å². The number of rotatable bonds is 0. The minimum Gasteiger partial charge on any atom is -0.306 e. The van der Waals surface area contributed by atoms with Gasteiger partial charge in [-0.1, -0.05) is 0 Å². The maximum Gasteiger partial charge on any atom is 0.323 e. The highest BCUT2D eigenvalue weighted by atomic mass is 16.1. The van der Waals surface area contributed by atoms with Gasteiger partial charge >= 0.3 is 5.69 Å². The summed E-state index contributed by atoms with van der Waals surface area (Å²) in [7, 11) is 0. The molecule has 0 bridgehead atoms. The number of Topliss-reactive ketones (excluding diaryl/α,β-unsaturated/α-hetero) is 1. The van der Waals surface area contributed by atoms with Crippen LogP contribution in [0.5, 0.6) is 0 Å². The first-order valence-corrected chi connectivity index (χ1v) is 2.81. The molecular weight excluding hydrogens is 132 g/mol. The molecule has 0 atom stereocenters. The number of fused-ring (bicyclic) bond motifs is 1. The fourth-order valence-corrected chi connectivity index (χ4v) is 0.964. The number of H-pyrrole nitrogens is 2. The monoisotopic (exact) mass is 136 g/mol. The minimum atomic E-state index is -0.273. The molecule has 1 aromatic rings. The fourth-order valence-electron chi connectivity index (χ4n) is 0.964. The molecule has 1 aliphatic rings. The van der Waals surface area contributed by atoms with Crippen molar-refractivity contribution in [1.82, 2.24) is 9.97 Å². The van der Waals surface area contributed by atoms with Crippen LogP contribution < -0.4 is 16.4 Å². The van der Waals surface area contributed by atoms with Gasteiger partial charge in [0.05, 0.1) is 10.7 Å². The maximum atomic E-state index is 10.6. The van der Waals surface area contributed by atoms with Gasteiger partial charge in [-0.3, -0.25) is 4.79 Å². The van der Waals surface area contributed by atoms with Gasteiger partial charge in [0.2, 0.25) is 0 Å². The van der Waals surface area contributed by atoms with Crippen molar-refractivity contribution in [2.45, 2.75) is 0 Å². The van der Waals surface area contributed by atoms with Gasteiger partial charge < -0.3 is 9.97 Å². The van der Waals surface area contributed by atoms with Gasteiger partial charge in [-0.25, -0.2) is 4.79 Å². The Morgan fingerprint density at radius 2 is 1.50 bits per heavy atom. The fraction of sp³-hybridized carbons (Fsp3) is 0. The number of carbonyl (C=O) groups is 1. The highest BCUT2D eigenvalue weighted by molar-refractivity contribution is 6.26. The van der Waals surface area contributed by atoms with E-state index in [0.29, 0.717) is 10.7 Å². The van der Waals surface area contributed by atoms with E-state index in [4.69, 9.17) is 0 Å². The zero-order valence-electron chi connectivity index (χ0n) is 4.97. The van der Waals surface area contributed by atoms with E-state index in [1.54, 1.807) is 0 Å². The average Bonchev–Trinajstić information content (AvgIpc) is 2.21. The van der Waals surface area contributed by atoms with E-state index in [0.717, 1.165) is 0 Å². The third-order valence-electron chi connectivity index (χ3n) is 1.36. The Labute approximate surface area is 54.9 Å². The largest absolute Gasteiger partial charge is 0.323 e. The predicted octanol–water partition coefficient (Wildman–Crippen LogP) is -2.15. The topological polar surface area (TPSA) is 65.7 Å². The van der Waals surface area contributed by atoms with E-state index in [1.807, 2.05) is 0 Å². The van der Waals surface area contributed by atoms with Crippen LogP contribution >= 0.6 is 0 Å². The highest BCUT2D eigenvalue weighted by Gasteiger charge is 2.02. The second kappa shape index (κ2) is 1.47. The van der Waals surface area contributed by atoms with Crippen molar-refractivity contribution in [1.29, 1.82) is 0 Å². The van der Waals surface area contributed by atoms with E-state index >= 15 is 0 Å². The Balaban J connectivity index is 3.04. The SMILES string of the molecule is O=C1C=c2[nH]c(=O)[nH]c2=C1. The van der Waals surface area contributed by atoms with Gasteiger partial charge in [-0.05, 0) is 0 Å². The molecule has 4 heteroatoms. The number of ketones is 1. The molecule has 0 saturated heterocycles. The van der Waals surface area contributed by atoms with Crippen LogP contribution in [0, 0.1) is 0 Å². The molecule has 0 fully saturated rings. The quantitative estimate of drug-likeness (QED) is 0.427. The summed E-state index contributed by atoms with van der Waals surface area (Å²) >= 11 is 0. The van der Waals surface area contributed by atoms with E-state index in [9.17, 15) is 9.59 Å². The summed E-state index contributed by atoms with van der Waals surface area (Å²) in [6.45, 7) is 0. The van der Waals surface area contributed by atoms with Gasteiger partial charge in [0.1, 0.15) is 0 Å². The molecule has 0 radical (unpaired) electrons. The Morgan fingerprint density at radius 3 is 2.00 bits per heavy atom. The molecule has 0 aliphatic heterocycles. The molecule has 1 aromatic heterocycles. The number of hydrogen-bond donors (Lipinski definition) is 2. The van der Waals surface area contributed by atoms with Crippen LogP contribution in [0.15, 0.2) is 4.79 Å². The summed E-state index contributed by atoms with van der Waals surface area (Å²) in [6, 6.07) is 0. The molecule has 4 nitrogen and oxygen atoms in total. The Kier molecular flexibility index (Phi) is 0.768. The summed E-state index contributed by atoms with van der Waals surface area (Å²) < 4.78 is 0. The molecule has 2 N–H and O–H groups in total. The summed E-state index contributed by atoms with van der Waals surface area (Å²) in [5, 5.41) is 1.16. The van der Waals surface area contributed by atoms with Crippen LogP contribution in [0.4, 0.5) is 0 Å². The van der Waals surface area contributed by atoms with Crippen molar-refractivity contribution in [3.8, 4) is 0 Å².